The fourth-order valence-electron chi connectivity index (χ4n) is 3.41. The molecule has 1 fully saturated rings. The molecule has 1 aromatic heterocycles. The average molecular weight is 325 g/mol. The summed E-state index contributed by atoms with van der Waals surface area (Å²) in [5.74, 6) is 2.22. The third kappa shape index (κ3) is 2.53. The average Bonchev–Trinajstić information content (AvgIpc) is 3.05. The van der Waals surface area contributed by atoms with Crippen LogP contribution in [0.4, 0.5) is 0 Å². The third-order valence-electron chi connectivity index (χ3n) is 5.00. The highest BCUT2D eigenvalue weighted by molar-refractivity contribution is 5.96. The van der Waals surface area contributed by atoms with Crippen molar-refractivity contribution in [2.24, 2.45) is 5.73 Å². The Morgan fingerprint density at radius 3 is 2.58 bits per heavy atom. The molecule has 0 spiro atoms. The molecular formula is C18H19N3O3. The maximum Gasteiger partial charge on any atom is 0.231 e. The number of fused-ring (bicyclic) bond motifs is 1. The molecule has 0 unspecified atom stereocenters. The van der Waals surface area contributed by atoms with Crippen LogP contribution >= 0.6 is 0 Å². The lowest BCUT2D eigenvalue weighted by Crippen LogP contribution is -2.37. The highest BCUT2D eigenvalue weighted by atomic mass is 16.7. The van der Waals surface area contributed by atoms with Crippen LogP contribution in [-0.4, -0.2) is 29.1 Å². The van der Waals surface area contributed by atoms with Gasteiger partial charge < -0.3 is 15.2 Å². The van der Waals surface area contributed by atoms with E-state index in [9.17, 15) is 4.79 Å². The molecule has 1 aliphatic heterocycles. The molecule has 2 aromatic rings. The Bertz CT molecular complexity index is 770. The zero-order valence-electron chi connectivity index (χ0n) is 13.3. The van der Waals surface area contributed by atoms with Crippen LogP contribution in [0.5, 0.6) is 11.5 Å². The van der Waals surface area contributed by atoms with E-state index >= 15 is 0 Å². The standard InChI is InChI=1S/C18H19N3O3/c19-8-14(22)12-9-20-17(21-10-12)7-18(4-1-5-18)13-2-3-15-16(6-13)24-11-23-15/h2-3,6,9-10H,1,4-5,7-8,11,19H2. The Kier molecular flexibility index (Phi) is 3.69. The minimum Gasteiger partial charge on any atom is -0.454 e. The smallest absolute Gasteiger partial charge is 0.231 e. The van der Waals surface area contributed by atoms with Gasteiger partial charge in [0.2, 0.25) is 6.79 Å². The van der Waals surface area contributed by atoms with E-state index < -0.39 is 0 Å². The summed E-state index contributed by atoms with van der Waals surface area (Å²) in [6.07, 6.45) is 7.29. The molecule has 6 nitrogen and oxygen atoms in total. The second-order valence-corrected chi connectivity index (χ2v) is 6.39. The molecule has 0 atom stereocenters. The van der Waals surface area contributed by atoms with E-state index in [0.717, 1.165) is 36.6 Å². The molecule has 1 saturated carbocycles. The highest BCUT2D eigenvalue weighted by Gasteiger charge is 2.40. The molecule has 1 aromatic carbocycles. The second kappa shape index (κ2) is 5.87. The first-order valence-corrected chi connectivity index (χ1v) is 8.14. The van der Waals surface area contributed by atoms with Gasteiger partial charge >= 0.3 is 0 Å². The molecule has 24 heavy (non-hydrogen) atoms. The Hall–Kier alpha value is -2.47. The summed E-state index contributed by atoms with van der Waals surface area (Å²) in [6, 6.07) is 6.16. The molecular weight excluding hydrogens is 306 g/mol. The number of benzene rings is 1. The summed E-state index contributed by atoms with van der Waals surface area (Å²) in [5, 5.41) is 0. The van der Waals surface area contributed by atoms with E-state index in [2.05, 4.69) is 22.1 Å². The maximum absolute atomic E-state index is 11.6. The Labute approximate surface area is 140 Å². The lowest BCUT2D eigenvalue weighted by Gasteiger charge is -2.42. The normalized spacial score (nSPS) is 17.4. The minimum absolute atomic E-state index is 0.0240. The predicted octanol–water partition coefficient (Wildman–Crippen LogP) is 2.01. The van der Waals surface area contributed by atoms with Crippen molar-refractivity contribution in [3.05, 3.63) is 47.5 Å². The largest absolute Gasteiger partial charge is 0.454 e. The van der Waals surface area contributed by atoms with Crippen LogP contribution in [0.3, 0.4) is 0 Å². The molecule has 6 heteroatoms. The van der Waals surface area contributed by atoms with Crippen LogP contribution < -0.4 is 15.2 Å². The number of ketones is 1. The Morgan fingerprint density at radius 1 is 1.17 bits per heavy atom. The Balaban J connectivity index is 1.58. The third-order valence-corrected chi connectivity index (χ3v) is 5.00. The van der Waals surface area contributed by atoms with Gasteiger partial charge in [-0.05, 0) is 30.5 Å². The number of carbonyl (C=O) groups is 1. The fourth-order valence-corrected chi connectivity index (χ4v) is 3.41. The summed E-state index contributed by atoms with van der Waals surface area (Å²) >= 11 is 0. The van der Waals surface area contributed by atoms with Crippen LogP contribution in [0.1, 0.15) is 41.0 Å². The first-order valence-electron chi connectivity index (χ1n) is 8.14. The number of nitrogens with zero attached hydrogens (tertiary/aromatic N) is 2. The quantitative estimate of drug-likeness (QED) is 0.846. The first kappa shape index (κ1) is 15.1. The van der Waals surface area contributed by atoms with E-state index in [1.165, 1.54) is 12.0 Å². The topological polar surface area (TPSA) is 87.3 Å². The lowest BCUT2D eigenvalue weighted by molar-refractivity contribution is 0.100. The van der Waals surface area contributed by atoms with Gasteiger partial charge in [0.1, 0.15) is 5.82 Å². The van der Waals surface area contributed by atoms with Gasteiger partial charge in [0.05, 0.1) is 12.1 Å². The van der Waals surface area contributed by atoms with Crippen molar-refractivity contribution in [2.45, 2.75) is 31.1 Å². The number of aromatic nitrogens is 2. The van der Waals surface area contributed by atoms with Crippen molar-refractivity contribution in [2.75, 3.05) is 13.3 Å². The zero-order valence-corrected chi connectivity index (χ0v) is 13.3. The SMILES string of the molecule is NCC(=O)c1cnc(CC2(c3ccc4c(c3)OCO4)CCC2)nc1. The summed E-state index contributed by atoms with van der Waals surface area (Å²) in [5.41, 5.74) is 7.11. The number of hydrogen-bond acceptors (Lipinski definition) is 6. The molecule has 0 radical (unpaired) electrons. The van der Waals surface area contributed by atoms with Crippen LogP contribution in [0.15, 0.2) is 30.6 Å². The van der Waals surface area contributed by atoms with Gasteiger partial charge in [-0.2, -0.15) is 0 Å². The summed E-state index contributed by atoms with van der Waals surface area (Å²) < 4.78 is 10.9. The van der Waals surface area contributed by atoms with E-state index in [0.29, 0.717) is 5.56 Å². The molecule has 1 aliphatic carbocycles. The van der Waals surface area contributed by atoms with Crippen molar-refractivity contribution < 1.29 is 14.3 Å². The molecule has 0 saturated heterocycles. The second-order valence-electron chi connectivity index (χ2n) is 6.39. The van der Waals surface area contributed by atoms with E-state index in [1.807, 2.05) is 6.07 Å². The Morgan fingerprint density at radius 2 is 1.92 bits per heavy atom. The van der Waals surface area contributed by atoms with Crippen molar-refractivity contribution >= 4 is 5.78 Å². The lowest BCUT2D eigenvalue weighted by atomic mass is 9.62. The number of hydrogen-bond donors (Lipinski definition) is 1. The summed E-state index contributed by atoms with van der Waals surface area (Å²) in [6.45, 7) is 0.259. The minimum atomic E-state index is -0.143. The van der Waals surface area contributed by atoms with Crippen molar-refractivity contribution in [1.29, 1.82) is 0 Å². The first-order chi connectivity index (χ1) is 11.7. The number of ether oxygens (including phenoxy) is 2. The van der Waals surface area contributed by atoms with Crippen molar-refractivity contribution in [3.8, 4) is 11.5 Å². The molecule has 0 amide bonds. The van der Waals surface area contributed by atoms with Gasteiger partial charge in [0, 0.05) is 24.2 Å². The number of carbonyl (C=O) groups excluding carboxylic acids is 1. The molecule has 2 aliphatic rings. The van der Waals surface area contributed by atoms with Gasteiger partial charge in [-0.3, -0.25) is 4.79 Å². The summed E-state index contributed by atoms with van der Waals surface area (Å²) in [7, 11) is 0. The van der Waals surface area contributed by atoms with Crippen LogP contribution in [0.2, 0.25) is 0 Å². The number of nitrogens with two attached hydrogens (primary N) is 1. The van der Waals surface area contributed by atoms with E-state index in [-0.39, 0.29) is 24.5 Å². The summed E-state index contributed by atoms with van der Waals surface area (Å²) in [4.78, 5) is 20.3. The number of rotatable bonds is 5. The maximum atomic E-state index is 11.6. The van der Waals surface area contributed by atoms with Crippen molar-refractivity contribution in [1.82, 2.24) is 9.97 Å². The van der Waals surface area contributed by atoms with Gasteiger partial charge in [-0.25, -0.2) is 9.97 Å². The van der Waals surface area contributed by atoms with Crippen LogP contribution in [0, 0.1) is 0 Å². The van der Waals surface area contributed by atoms with Crippen LogP contribution in [-0.2, 0) is 11.8 Å². The monoisotopic (exact) mass is 325 g/mol. The highest BCUT2D eigenvalue weighted by Crippen LogP contribution is 2.48. The molecule has 124 valence electrons. The molecule has 2 heterocycles. The molecule has 2 N–H and O–H groups in total. The predicted molar refractivity (Wildman–Crippen MR) is 87.2 cm³/mol. The van der Waals surface area contributed by atoms with Crippen molar-refractivity contribution in [3.63, 3.8) is 0 Å². The molecule has 0 bridgehead atoms. The molecule has 4 rings (SSSR count). The fraction of sp³-hybridized carbons (Fsp3) is 0.389. The zero-order chi connectivity index (χ0) is 16.6. The van der Waals surface area contributed by atoms with E-state index in [4.69, 9.17) is 15.2 Å². The number of Topliss-reactive ketones (excluding diaryl/α,β-unsaturated/α-hetero) is 1. The van der Waals surface area contributed by atoms with Gasteiger partial charge in [-0.1, -0.05) is 12.5 Å². The van der Waals surface area contributed by atoms with Gasteiger partial charge in [0.15, 0.2) is 17.3 Å². The van der Waals surface area contributed by atoms with Gasteiger partial charge in [-0.15, -0.1) is 0 Å². The van der Waals surface area contributed by atoms with Crippen LogP contribution in [0.25, 0.3) is 0 Å². The van der Waals surface area contributed by atoms with Gasteiger partial charge in [0.25, 0.3) is 0 Å². The van der Waals surface area contributed by atoms with E-state index in [1.54, 1.807) is 12.4 Å².